The molecule has 0 aliphatic rings. The van der Waals surface area contributed by atoms with Gasteiger partial charge in [0.25, 0.3) is 0 Å². The zero-order valence-electron chi connectivity index (χ0n) is 9.76. The third kappa shape index (κ3) is 4.63. The predicted octanol–water partition coefficient (Wildman–Crippen LogP) is 2.57. The molecule has 0 spiro atoms. The highest BCUT2D eigenvalue weighted by molar-refractivity contribution is 4.83. The van der Waals surface area contributed by atoms with Gasteiger partial charge in [0.1, 0.15) is 0 Å². The van der Waals surface area contributed by atoms with Gasteiger partial charge in [0.15, 0.2) is 0 Å². The molecule has 0 aromatic carbocycles. The smallest absolute Gasteiger partial charge is 0.0773 e. The van der Waals surface area contributed by atoms with E-state index in [1.807, 2.05) is 6.92 Å². The first-order valence-corrected chi connectivity index (χ1v) is 5.30. The van der Waals surface area contributed by atoms with Crippen LogP contribution in [0.3, 0.4) is 0 Å². The van der Waals surface area contributed by atoms with Crippen molar-refractivity contribution in [2.24, 2.45) is 11.1 Å². The second-order valence-corrected chi connectivity index (χ2v) is 4.69. The van der Waals surface area contributed by atoms with Crippen molar-refractivity contribution < 1.29 is 4.74 Å². The highest BCUT2D eigenvalue weighted by atomic mass is 16.5. The first-order valence-electron chi connectivity index (χ1n) is 5.30. The SMILES string of the molecule is CCC[C@H](N)C(OCC)C(C)(C)C. The molecule has 0 saturated carbocycles. The maximum Gasteiger partial charge on any atom is 0.0773 e. The van der Waals surface area contributed by atoms with E-state index in [-0.39, 0.29) is 17.6 Å². The molecule has 2 atom stereocenters. The summed E-state index contributed by atoms with van der Waals surface area (Å²) >= 11 is 0. The fourth-order valence-corrected chi connectivity index (χ4v) is 1.68. The molecule has 0 radical (unpaired) electrons. The van der Waals surface area contributed by atoms with Gasteiger partial charge >= 0.3 is 0 Å². The van der Waals surface area contributed by atoms with Gasteiger partial charge in [-0.25, -0.2) is 0 Å². The predicted molar refractivity (Wildman–Crippen MR) is 57.8 cm³/mol. The van der Waals surface area contributed by atoms with E-state index in [9.17, 15) is 0 Å². The fourth-order valence-electron chi connectivity index (χ4n) is 1.68. The molecule has 0 amide bonds. The minimum atomic E-state index is 0.143. The summed E-state index contributed by atoms with van der Waals surface area (Å²) in [4.78, 5) is 0. The van der Waals surface area contributed by atoms with E-state index in [4.69, 9.17) is 10.5 Å². The maximum atomic E-state index is 6.08. The summed E-state index contributed by atoms with van der Waals surface area (Å²) in [5.74, 6) is 0. The fraction of sp³-hybridized carbons (Fsp3) is 1.00. The van der Waals surface area contributed by atoms with E-state index >= 15 is 0 Å². The topological polar surface area (TPSA) is 35.2 Å². The first-order chi connectivity index (χ1) is 5.93. The lowest BCUT2D eigenvalue weighted by Crippen LogP contribution is -2.45. The zero-order chi connectivity index (χ0) is 10.5. The van der Waals surface area contributed by atoms with Gasteiger partial charge in [-0.05, 0) is 18.8 Å². The van der Waals surface area contributed by atoms with Crippen molar-refractivity contribution in [3.05, 3.63) is 0 Å². The Kier molecular flexibility index (Phi) is 5.57. The van der Waals surface area contributed by atoms with Crippen molar-refractivity contribution in [1.82, 2.24) is 0 Å². The van der Waals surface area contributed by atoms with E-state index in [0.717, 1.165) is 19.4 Å². The van der Waals surface area contributed by atoms with E-state index in [1.165, 1.54) is 0 Å². The van der Waals surface area contributed by atoms with Crippen molar-refractivity contribution in [1.29, 1.82) is 0 Å². The summed E-state index contributed by atoms with van der Waals surface area (Å²) in [5, 5.41) is 0. The zero-order valence-corrected chi connectivity index (χ0v) is 9.76. The van der Waals surface area contributed by atoms with Crippen molar-refractivity contribution in [3.8, 4) is 0 Å². The molecule has 13 heavy (non-hydrogen) atoms. The summed E-state index contributed by atoms with van der Waals surface area (Å²) in [6.45, 7) is 11.5. The molecule has 0 saturated heterocycles. The van der Waals surface area contributed by atoms with Crippen LogP contribution in [0.25, 0.3) is 0 Å². The molecule has 0 heterocycles. The Bertz CT molecular complexity index is 129. The standard InChI is InChI=1S/C11H25NO/c1-6-8-9(12)10(13-7-2)11(3,4)5/h9-10H,6-8,12H2,1-5H3/t9-,10?/m0/s1. The molecule has 0 rings (SSSR count). The van der Waals surface area contributed by atoms with Gasteiger partial charge in [0.2, 0.25) is 0 Å². The molecule has 80 valence electrons. The van der Waals surface area contributed by atoms with Crippen LogP contribution in [-0.2, 0) is 4.74 Å². The maximum absolute atomic E-state index is 6.08. The quantitative estimate of drug-likeness (QED) is 0.718. The molecule has 2 N–H and O–H groups in total. The van der Waals surface area contributed by atoms with Crippen molar-refractivity contribution in [2.75, 3.05) is 6.61 Å². The van der Waals surface area contributed by atoms with E-state index in [1.54, 1.807) is 0 Å². The largest absolute Gasteiger partial charge is 0.376 e. The number of hydrogen-bond acceptors (Lipinski definition) is 2. The molecule has 0 aliphatic heterocycles. The highest BCUT2D eigenvalue weighted by Crippen LogP contribution is 2.25. The summed E-state index contributed by atoms with van der Waals surface area (Å²) in [6.07, 6.45) is 2.35. The van der Waals surface area contributed by atoms with Gasteiger partial charge in [-0.2, -0.15) is 0 Å². The lowest BCUT2D eigenvalue weighted by atomic mass is 9.83. The lowest BCUT2D eigenvalue weighted by Gasteiger charge is -2.34. The molecule has 0 fully saturated rings. The van der Waals surface area contributed by atoms with Crippen LogP contribution in [0, 0.1) is 5.41 Å². The van der Waals surface area contributed by atoms with E-state index in [2.05, 4.69) is 27.7 Å². The molecule has 0 aromatic heterocycles. The summed E-state index contributed by atoms with van der Waals surface area (Å²) in [5.41, 5.74) is 6.22. The third-order valence-electron chi connectivity index (χ3n) is 2.21. The summed E-state index contributed by atoms with van der Waals surface area (Å²) in [6, 6.07) is 0.171. The van der Waals surface area contributed by atoms with Gasteiger partial charge in [0.05, 0.1) is 6.10 Å². The summed E-state index contributed by atoms with van der Waals surface area (Å²) < 4.78 is 5.70. The third-order valence-corrected chi connectivity index (χ3v) is 2.21. The van der Waals surface area contributed by atoms with Crippen LogP contribution in [0.4, 0.5) is 0 Å². The van der Waals surface area contributed by atoms with Gasteiger partial charge < -0.3 is 10.5 Å². The van der Waals surface area contributed by atoms with Crippen LogP contribution in [0.2, 0.25) is 0 Å². The average Bonchev–Trinajstić information content (AvgIpc) is 1.98. The Morgan fingerprint density at radius 2 is 1.77 bits per heavy atom. The number of ether oxygens (including phenoxy) is 1. The van der Waals surface area contributed by atoms with Gasteiger partial charge in [-0.15, -0.1) is 0 Å². The Balaban J connectivity index is 4.23. The molecule has 0 bridgehead atoms. The van der Waals surface area contributed by atoms with Crippen LogP contribution >= 0.6 is 0 Å². The second kappa shape index (κ2) is 5.61. The molecular formula is C11H25NO. The molecule has 0 aromatic rings. The van der Waals surface area contributed by atoms with Crippen LogP contribution in [0.1, 0.15) is 47.5 Å². The van der Waals surface area contributed by atoms with Crippen LogP contribution in [-0.4, -0.2) is 18.8 Å². The summed E-state index contributed by atoms with van der Waals surface area (Å²) in [7, 11) is 0. The molecule has 2 nitrogen and oxygen atoms in total. The Morgan fingerprint density at radius 1 is 1.23 bits per heavy atom. The molecule has 2 heteroatoms. The molecular weight excluding hydrogens is 162 g/mol. The van der Waals surface area contributed by atoms with Gasteiger partial charge in [0, 0.05) is 12.6 Å². The van der Waals surface area contributed by atoms with Crippen LogP contribution in [0.15, 0.2) is 0 Å². The van der Waals surface area contributed by atoms with Crippen molar-refractivity contribution in [2.45, 2.75) is 59.6 Å². The number of hydrogen-bond donors (Lipinski definition) is 1. The van der Waals surface area contributed by atoms with E-state index in [0.29, 0.717) is 0 Å². The number of nitrogens with two attached hydrogens (primary N) is 1. The van der Waals surface area contributed by atoms with Gasteiger partial charge in [-0.3, -0.25) is 0 Å². The van der Waals surface area contributed by atoms with E-state index < -0.39 is 0 Å². The Morgan fingerprint density at radius 3 is 2.08 bits per heavy atom. The highest BCUT2D eigenvalue weighted by Gasteiger charge is 2.29. The molecule has 1 unspecified atom stereocenters. The normalized spacial score (nSPS) is 17.1. The Labute approximate surface area is 82.8 Å². The molecule has 0 aliphatic carbocycles. The monoisotopic (exact) mass is 187 g/mol. The van der Waals surface area contributed by atoms with Crippen LogP contribution in [0.5, 0.6) is 0 Å². The van der Waals surface area contributed by atoms with Gasteiger partial charge in [-0.1, -0.05) is 34.1 Å². The minimum absolute atomic E-state index is 0.143. The number of rotatable bonds is 5. The minimum Gasteiger partial charge on any atom is -0.376 e. The Hall–Kier alpha value is -0.0800. The van der Waals surface area contributed by atoms with Crippen molar-refractivity contribution >= 4 is 0 Å². The first kappa shape index (κ1) is 12.9. The second-order valence-electron chi connectivity index (χ2n) is 4.69. The van der Waals surface area contributed by atoms with Crippen LogP contribution < -0.4 is 5.73 Å². The van der Waals surface area contributed by atoms with Crippen molar-refractivity contribution in [3.63, 3.8) is 0 Å². The lowest BCUT2D eigenvalue weighted by molar-refractivity contribution is -0.0291. The average molecular weight is 187 g/mol.